The van der Waals surface area contributed by atoms with Gasteiger partial charge in [-0.2, -0.15) is 11.8 Å². The Kier molecular flexibility index (Phi) is 6.37. The fourth-order valence-corrected chi connectivity index (χ4v) is 2.20. The molecule has 0 amide bonds. The molecule has 1 rings (SSSR count). The van der Waals surface area contributed by atoms with E-state index < -0.39 is 0 Å². The van der Waals surface area contributed by atoms with E-state index in [0.29, 0.717) is 23.9 Å². The highest BCUT2D eigenvalue weighted by molar-refractivity contribution is 7.99. The van der Waals surface area contributed by atoms with Crippen LogP contribution in [0.15, 0.2) is 18.2 Å². The third kappa shape index (κ3) is 4.56. The summed E-state index contributed by atoms with van der Waals surface area (Å²) in [7, 11) is 1.48. The Morgan fingerprint density at radius 3 is 2.88 bits per heavy atom. The lowest BCUT2D eigenvalue weighted by atomic mass is 10.2. The topological polar surface area (TPSA) is 21.3 Å². The minimum absolute atomic E-state index is 0.266. The molecular weight excluding hydrogens is 237 g/mol. The van der Waals surface area contributed by atoms with Gasteiger partial charge in [-0.1, -0.05) is 19.1 Å². The molecule has 0 saturated carbocycles. The molecule has 0 aliphatic heterocycles. The van der Waals surface area contributed by atoms with Gasteiger partial charge in [0.05, 0.1) is 7.11 Å². The molecule has 0 radical (unpaired) electrons. The number of halogens is 1. The maximum absolute atomic E-state index is 13.8. The second-order valence-electron chi connectivity index (χ2n) is 3.87. The Morgan fingerprint density at radius 2 is 2.24 bits per heavy atom. The molecule has 0 aromatic heterocycles. The summed E-state index contributed by atoms with van der Waals surface area (Å²) in [6, 6.07) is 5.61. The van der Waals surface area contributed by atoms with Crippen LogP contribution in [0.1, 0.15) is 19.4 Å². The Labute approximate surface area is 107 Å². The summed E-state index contributed by atoms with van der Waals surface area (Å²) < 4.78 is 18.8. The molecule has 1 N–H and O–H groups in total. The quantitative estimate of drug-likeness (QED) is 0.811. The van der Waals surface area contributed by atoms with E-state index in [2.05, 4.69) is 19.2 Å². The number of ether oxygens (including phenoxy) is 1. The third-order valence-electron chi connectivity index (χ3n) is 2.48. The van der Waals surface area contributed by atoms with E-state index >= 15 is 0 Å². The highest BCUT2D eigenvalue weighted by atomic mass is 32.2. The zero-order chi connectivity index (χ0) is 12.7. The minimum atomic E-state index is -0.266. The summed E-state index contributed by atoms with van der Waals surface area (Å²) >= 11 is 1.88. The molecule has 0 saturated heterocycles. The van der Waals surface area contributed by atoms with E-state index in [1.807, 2.05) is 17.8 Å². The van der Waals surface area contributed by atoms with Crippen molar-refractivity contribution in [2.24, 2.45) is 0 Å². The van der Waals surface area contributed by atoms with Gasteiger partial charge in [0, 0.05) is 23.9 Å². The van der Waals surface area contributed by atoms with Crippen molar-refractivity contribution >= 4 is 11.8 Å². The van der Waals surface area contributed by atoms with Gasteiger partial charge in [0.25, 0.3) is 0 Å². The first-order valence-corrected chi connectivity index (χ1v) is 6.97. The monoisotopic (exact) mass is 257 g/mol. The molecule has 0 heterocycles. The van der Waals surface area contributed by atoms with E-state index in [1.165, 1.54) is 7.11 Å². The lowest BCUT2D eigenvalue weighted by Crippen LogP contribution is -2.28. The summed E-state index contributed by atoms with van der Waals surface area (Å²) in [4.78, 5) is 0. The first-order valence-electron chi connectivity index (χ1n) is 5.81. The lowest BCUT2D eigenvalue weighted by molar-refractivity contribution is 0.383. The van der Waals surface area contributed by atoms with Crippen molar-refractivity contribution in [3.05, 3.63) is 29.6 Å². The fourth-order valence-electron chi connectivity index (χ4n) is 1.49. The average molecular weight is 257 g/mol. The van der Waals surface area contributed by atoms with Crippen molar-refractivity contribution in [2.45, 2.75) is 26.4 Å². The Bertz CT molecular complexity index is 346. The summed E-state index contributed by atoms with van der Waals surface area (Å²) in [6.45, 7) is 4.79. The van der Waals surface area contributed by atoms with Gasteiger partial charge in [0.2, 0.25) is 0 Å². The van der Waals surface area contributed by atoms with Crippen LogP contribution in [0.4, 0.5) is 4.39 Å². The maximum Gasteiger partial charge on any atom is 0.169 e. The van der Waals surface area contributed by atoms with Crippen molar-refractivity contribution in [1.29, 1.82) is 0 Å². The second-order valence-corrected chi connectivity index (χ2v) is 5.19. The van der Waals surface area contributed by atoms with Gasteiger partial charge in [0.15, 0.2) is 11.6 Å². The molecule has 4 heteroatoms. The molecule has 96 valence electrons. The van der Waals surface area contributed by atoms with Crippen LogP contribution >= 0.6 is 11.8 Å². The van der Waals surface area contributed by atoms with E-state index in [4.69, 9.17) is 4.74 Å². The molecular formula is C13H20FNOS. The zero-order valence-corrected chi connectivity index (χ0v) is 11.4. The van der Waals surface area contributed by atoms with Crippen LogP contribution in [0.25, 0.3) is 0 Å². The molecule has 17 heavy (non-hydrogen) atoms. The van der Waals surface area contributed by atoms with Gasteiger partial charge in [0.1, 0.15) is 0 Å². The van der Waals surface area contributed by atoms with Gasteiger partial charge < -0.3 is 10.1 Å². The molecule has 1 aromatic carbocycles. The molecule has 1 unspecified atom stereocenters. The van der Waals surface area contributed by atoms with Gasteiger partial charge in [-0.05, 0) is 18.7 Å². The van der Waals surface area contributed by atoms with Crippen molar-refractivity contribution in [3.63, 3.8) is 0 Å². The summed E-state index contributed by atoms with van der Waals surface area (Å²) in [6.07, 6.45) is 0. The maximum atomic E-state index is 13.8. The Hall–Kier alpha value is -0.740. The molecule has 0 fully saturated rings. The lowest BCUT2D eigenvalue weighted by Gasteiger charge is -2.14. The number of thioether (sulfide) groups is 1. The van der Waals surface area contributed by atoms with Gasteiger partial charge in [-0.15, -0.1) is 0 Å². The number of benzene rings is 1. The first kappa shape index (κ1) is 14.3. The van der Waals surface area contributed by atoms with E-state index in [1.54, 1.807) is 12.1 Å². The van der Waals surface area contributed by atoms with Gasteiger partial charge in [-0.3, -0.25) is 0 Å². The summed E-state index contributed by atoms with van der Waals surface area (Å²) in [5.41, 5.74) is 0.651. The van der Waals surface area contributed by atoms with Gasteiger partial charge >= 0.3 is 0 Å². The SMILES string of the molecule is CCSCC(C)NCc1cccc(OC)c1F. The van der Waals surface area contributed by atoms with Gasteiger partial charge in [-0.25, -0.2) is 4.39 Å². The Balaban J connectivity index is 2.51. The molecule has 0 bridgehead atoms. The van der Waals surface area contributed by atoms with Crippen molar-refractivity contribution in [3.8, 4) is 5.75 Å². The molecule has 0 aliphatic rings. The number of rotatable bonds is 7. The number of hydrogen-bond donors (Lipinski definition) is 1. The van der Waals surface area contributed by atoms with E-state index in [0.717, 1.165) is 11.5 Å². The minimum Gasteiger partial charge on any atom is -0.494 e. The van der Waals surface area contributed by atoms with E-state index in [-0.39, 0.29) is 5.82 Å². The predicted octanol–water partition coefficient (Wildman–Crippen LogP) is 3.07. The van der Waals surface area contributed by atoms with Crippen LogP contribution in [0, 0.1) is 5.82 Å². The molecule has 2 nitrogen and oxygen atoms in total. The number of methoxy groups -OCH3 is 1. The molecule has 1 atom stereocenters. The summed E-state index contributed by atoms with van der Waals surface area (Å²) in [5, 5.41) is 3.31. The van der Waals surface area contributed by atoms with Crippen LogP contribution in [0.5, 0.6) is 5.75 Å². The molecule has 1 aromatic rings. The largest absolute Gasteiger partial charge is 0.494 e. The smallest absolute Gasteiger partial charge is 0.169 e. The predicted molar refractivity (Wildman–Crippen MR) is 72.3 cm³/mol. The average Bonchev–Trinajstić information content (AvgIpc) is 2.35. The molecule has 0 aliphatic carbocycles. The van der Waals surface area contributed by atoms with Crippen molar-refractivity contribution < 1.29 is 9.13 Å². The van der Waals surface area contributed by atoms with Crippen LogP contribution < -0.4 is 10.1 Å². The van der Waals surface area contributed by atoms with Crippen molar-refractivity contribution in [1.82, 2.24) is 5.32 Å². The van der Waals surface area contributed by atoms with Crippen LogP contribution in [-0.4, -0.2) is 24.7 Å². The highest BCUT2D eigenvalue weighted by Crippen LogP contribution is 2.19. The Morgan fingerprint density at radius 1 is 1.47 bits per heavy atom. The second kappa shape index (κ2) is 7.56. The highest BCUT2D eigenvalue weighted by Gasteiger charge is 2.09. The van der Waals surface area contributed by atoms with Crippen LogP contribution in [-0.2, 0) is 6.54 Å². The van der Waals surface area contributed by atoms with Crippen molar-refractivity contribution in [2.75, 3.05) is 18.6 Å². The first-order chi connectivity index (χ1) is 8.19. The fraction of sp³-hybridized carbons (Fsp3) is 0.538. The molecule has 0 spiro atoms. The number of hydrogen-bond acceptors (Lipinski definition) is 3. The third-order valence-corrected chi connectivity index (χ3v) is 3.62. The van der Waals surface area contributed by atoms with E-state index in [9.17, 15) is 4.39 Å². The standard InChI is InChI=1S/C13H20FNOS/c1-4-17-9-10(2)15-8-11-6-5-7-12(16-3)13(11)14/h5-7,10,15H,4,8-9H2,1-3H3. The normalized spacial score (nSPS) is 12.5. The number of nitrogens with one attached hydrogen (secondary N) is 1. The summed E-state index contributed by atoms with van der Waals surface area (Å²) in [5.74, 6) is 2.19. The van der Waals surface area contributed by atoms with Crippen LogP contribution in [0.2, 0.25) is 0 Å². The van der Waals surface area contributed by atoms with Crippen LogP contribution in [0.3, 0.4) is 0 Å². The zero-order valence-electron chi connectivity index (χ0n) is 10.6.